The molecule has 0 radical (unpaired) electrons. The largest absolute Gasteiger partial charge is 0.381 e. The van der Waals surface area contributed by atoms with E-state index >= 15 is 0 Å². The van der Waals surface area contributed by atoms with Crippen molar-refractivity contribution in [2.45, 2.75) is 25.3 Å². The Morgan fingerprint density at radius 1 is 1.60 bits per heavy atom. The Labute approximate surface area is 61.7 Å². The fourth-order valence-corrected chi connectivity index (χ4v) is 2.00. The molecule has 0 aromatic rings. The van der Waals surface area contributed by atoms with Crippen molar-refractivity contribution in [3.63, 3.8) is 0 Å². The Bertz CT molecular complexity index is 142. The maximum atomic E-state index is 6.12. The van der Waals surface area contributed by atoms with E-state index in [1.54, 1.807) is 0 Å². The zero-order valence-corrected chi connectivity index (χ0v) is 6.47. The number of hydrogen-bond donors (Lipinski definition) is 1. The highest BCUT2D eigenvalue weighted by Gasteiger charge is 2.53. The van der Waals surface area contributed by atoms with Crippen LogP contribution in [0, 0.1) is 11.8 Å². The average molecular weight is 141 g/mol. The number of hydrogen-bond acceptors (Lipinski definition) is 2. The summed E-state index contributed by atoms with van der Waals surface area (Å²) in [6, 6.07) is 0. The van der Waals surface area contributed by atoms with Gasteiger partial charge in [-0.3, -0.25) is 0 Å². The number of nitrogens with two attached hydrogens (primary N) is 1. The lowest BCUT2D eigenvalue weighted by atomic mass is 9.96. The molecule has 0 bridgehead atoms. The first kappa shape index (κ1) is 6.62. The minimum Gasteiger partial charge on any atom is -0.381 e. The zero-order valence-electron chi connectivity index (χ0n) is 6.47. The van der Waals surface area contributed by atoms with Crippen LogP contribution in [0.4, 0.5) is 0 Å². The highest BCUT2D eigenvalue weighted by molar-refractivity contribution is 5.10. The third-order valence-corrected chi connectivity index (χ3v) is 3.11. The molecule has 58 valence electrons. The van der Waals surface area contributed by atoms with Gasteiger partial charge in [0.15, 0.2) is 0 Å². The standard InChI is InChI=1S/C8H15NO/c1-6-4-8(6,9)7-2-3-10-5-7/h6-7H,2-5,9H2,1H3. The normalized spacial score (nSPS) is 53.4. The molecule has 1 aliphatic heterocycles. The molecule has 1 aliphatic carbocycles. The molecule has 1 saturated carbocycles. The summed E-state index contributed by atoms with van der Waals surface area (Å²) in [6.07, 6.45) is 2.39. The highest BCUT2D eigenvalue weighted by atomic mass is 16.5. The molecule has 2 heteroatoms. The van der Waals surface area contributed by atoms with E-state index in [0.717, 1.165) is 19.1 Å². The van der Waals surface area contributed by atoms with Crippen LogP contribution in [0.15, 0.2) is 0 Å². The van der Waals surface area contributed by atoms with Gasteiger partial charge in [-0.15, -0.1) is 0 Å². The van der Waals surface area contributed by atoms with Gasteiger partial charge in [0, 0.05) is 18.1 Å². The molecule has 2 fully saturated rings. The quantitative estimate of drug-likeness (QED) is 0.585. The van der Waals surface area contributed by atoms with Crippen molar-refractivity contribution in [3.05, 3.63) is 0 Å². The van der Waals surface area contributed by atoms with Crippen LogP contribution >= 0.6 is 0 Å². The van der Waals surface area contributed by atoms with Crippen molar-refractivity contribution in [2.75, 3.05) is 13.2 Å². The maximum Gasteiger partial charge on any atom is 0.0512 e. The third kappa shape index (κ3) is 0.789. The van der Waals surface area contributed by atoms with E-state index in [1.807, 2.05) is 0 Å². The van der Waals surface area contributed by atoms with Crippen LogP contribution in [0.5, 0.6) is 0 Å². The molecule has 0 amide bonds. The van der Waals surface area contributed by atoms with Crippen molar-refractivity contribution in [3.8, 4) is 0 Å². The van der Waals surface area contributed by atoms with Gasteiger partial charge < -0.3 is 10.5 Å². The second kappa shape index (κ2) is 1.95. The summed E-state index contributed by atoms with van der Waals surface area (Å²) in [5.41, 5.74) is 6.28. The first-order valence-corrected chi connectivity index (χ1v) is 4.10. The zero-order chi connectivity index (χ0) is 7.19. The van der Waals surface area contributed by atoms with Gasteiger partial charge in [-0.05, 0) is 18.8 Å². The van der Waals surface area contributed by atoms with Gasteiger partial charge in [0.1, 0.15) is 0 Å². The molecule has 3 atom stereocenters. The minimum absolute atomic E-state index is 0.163. The molecule has 1 saturated heterocycles. The van der Waals surface area contributed by atoms with E-state index in [0.29, 0.717) is 5.92 Å². The summed E-state index contributed by atoms with van der Waals surface area (Å²) >= 11 is 0. The molecule has 10 heavy (non-hydrogen) atoms. The van der Waals surface area contributed by atoms with Crippen LogP contribution in [0.2, 0.25) is 0 Å². The fraction of sp³-hybridized carbons (Fsp3) is 1.00. The van der Waals surface area contributed by atoms with Crippen molar-refractivity contribution >= 4 is 0 Å². The summed E-state index contributed by atoms with van der Waals surface area (Å²) in [7, 11) is 0. The van der Waals surface area contributed by atoms with Crippen molar-refractivity contribution in [1.82, 2.24) is 0 Å². The van der Waals surface area contributed by atoms with Gasteiger partial charge in [-0.1, -0.05) is 6.92 Å². The molecule has 3 unspecified atom stereocenters. The van der Waals surface area contributed by atoms with Crippen LogP contribution in [0.3, 0.4) is 0 Å². The summed E-state index contributed by atoms with van der Waals surface area (Å²) < 4.78 is 5.29. The lowest BCUT2D eigenvalue weighted by Crippen LogP contribution is -2.34. The number of ether oxygens (including phenoxy) is 1. The predicted octanol–water partition coefficient (Wildman–Crippen LogP) is 0.760. The maximum absolute atomic E-state index is 6.12. The molecule has 2 aliphatic rings. The molecular weight excluding hydrogens is 126 g/mol. The molecule has 2 N–H and O–H groups in total. The first-order chi connectivity index (χ1) is 4.73. The van der Waals surface area contributed by atoms with Crippen molar-refractivity contribution in [2.24, 2.45) is 17.6 Å². The van der Waals surface area contributed by atoms with E-state index in [9.17, 15) is 0 Å². The Balaban J connectivity index is 1.99. The van der Waals surface area contributed by atoms with Crippen molar-refractivity contribution < 1.29 is 4.74 Å². The summed E-state index contributed by atoms with van der Waals surface area (Å²) in [6.45, 7) is 4.06. The van der Waals surface area contributed by atoms with Gasteiger partial charge in [-0.2, -0.15) is 0 Å². The Kier molecular flexibility index (Phi) is 1.29. The van der Waals surface area contributed by atoms with E-state index in [-0.39, 0.29) is 5.54 Å². The summed E-state index contributed by atoms with van der Waals surface area (Å²) in [4.78, 5) is 0. The monoisotopic (exact) mass is 141 g/mol. The Morgan fingerprint density at radius 3 is 2.70 bits per heavy atom. The van der Waals surface area contributed by atoms with E-state index in [4.69, 9.17) is 10.5 Å². The van der Waals surface area contributed by atoms with E-state index < -0.39 is 0 Å². The van der Waals surface area contributed by atoms with E-state index in [1.165, 1.54) is 12.8 Å². The molecule has 2 nitrogen and oxygen atoms in total. The summed E-state index contributed by atoms with van der Waals surface area (Å²) in [5.74, 6) is 1.39. The van der Waals surface area contributed by atoms with Gasteiger partial charge in [0.05, 0.1) is 6.61 Å². The SMILES string of the molecule is CC1CC1(N)C1CCOC1. The average Bonchev–Trinajstić information content (AvgIpc) is 2.35. The molecule has 1 heterocycles. The fourth-order valence-electron chi connectivity index (χ4n) is 2.00. The lowest BCUT2D eigenvalue weighted by Gasteiger charge is -2.16. The van der Waals surface area contributed by atoms with Crippen LogP contribution in [-0.2, 0) is 4.74 Å². The third-order valence-electron chi connectivity index (χ3n) is 3.11. The van der Waals surface area contributed by atoms with Gasteiger partial charge in [-0.25, -0.2) is 0 Å². The van der Waals surface area contributed by atoms with Crippen LogP contribution in [-0.4, -0.2) is 18.8 Å². The Morgan fingerprint density at radius 2 is 2.30 bits per heavy atom. The molecular formula is C8H15NO. The Hall–Kier alpha value is -0.0800. The predicted molar refractivity (Wildman–Crippen MR) is 39.6 cm³/mol. The molecule has 0 aromatic carbocycles. The smallest absolute Gasteiger partial charge is 0.0512 e. The molecule has 0 aromatic heterocycles. The first-order valence-electron chi connectivity index (χ1n) is 4.10. The molecule has 0 spiro atoms. The lowest BCUT2D eigenvalue weighted by molar-refractivity contribution is 0.177. The van der Waals surface area contributed by atoms with Gasteiger partial charge in [0.25, 0.3) is 0 Å². The van der Waals surface area contributed by atoms with Gasteiger partial charge in [0.2, 0.25) is 0 Å². The van der Waals surface area contributed by atoms with E-state index in [2.05, 4.69) is 6.92 Å². The van der Waals surface area contributed by atoms with Crippen LogP contribution in [0.25, 0.3) is 0 Å². The second-order valence-corrected chi connectivity index (χ2v) is 3.78. The molecule has 2 rings (SSSR count). The minimum atomic E-state index is 0.163. The highest BCUT2D eigenvalue weighted by Crippen LogP contribution is 2.48. The van der Waals surface area contributed by atoms with Gasteiger partial charge >= 0.3 is 0 Å². The number of rotatable bonds is 1. The van der Waals surface area contributed by atoms with Crippen LogP contribution in [0.1, 0.15) is 19.8 Å². The second-order valence-electron chi connectivity index (χ2n) is 3.78. The van der Waals surface area contributed by atoms with Crippen molar-refractivity contribution in [1.29, 1.82) is 0 Å². The summed E-state index contributed by atoms with van der Waals surface area (Å²) in [5, 5.41) is 0. The topological polar surface area (TPSA) is 35.2 Å². The van der Waals surface area contributed by atoms with Crippen LogP contribution < -0.4 is 5.73 Å².